The molecule has 3 atom stereocenters. The predicted octanol–water partition coefficient (Wildman–Crippen LogP) is 4.15. The molecule has 0 saturated carbocycles. The van der Waals surface area contributed by atoms with Crippen LogP contribution in [0.1, 0.15) is 52.3 Å². The Bertz CT molecular complexity index is 1290. The summed E-state index contributed by atoms with van der Waals surface area (Å²) in [4.78, 5) is 0. The minimum Gasteiger partial charge on any atom is -0.504 e. The fraction of sp³-hybridized carbons (Fsp3) is 0.379. The van der Waals surface area contributed by atoms with Crippen molar-refractivity contribution in [1.82, 2.24) is 5.32 Å². The first kappa shape index (κ1) is 25.0. The maximum atomic E-state index is 10.4. The van der Waals surface area contributed by atoms with Gasteiger partial charge in [0.25, 0.3) is 0 Å². The molecule has 0 spiro atoms. The molecule has 4 N–H and O–H groups in total. The topological polar surface area (TPSA) is 110 Å². The maximum absolute atomic E-state index is 10.4. The quantitative estimate of drug-likeness (QED) is 0.360. The predicted molar refractivity (Wildman–Crippen MR) is 138 cm³/mol. The van der Waals surface area contributed by atoms with Crippen LogP contribution in [0.25, 0.3) is 0 Å². The van der Waals surface area contributed by atoms with E-state index in [2.05, 4.69) is 11.4 Å². The lowest BCUT2D eigenvalue weighted by molar-refractivity contribution is 0.157. The summed E-state index contributed by atoms with van der Waals surface area (Å²) >= 11 is 0. The SMILES string of the molecule is COc1cc(C2Oc3c(OC)cc(CCC4NCCc5cc(O)c(OC)cc54)cc3C2CO)ccc1O. The van der Waals surface area contributed by atoms with Gasteiger partial charge in [-0.15, -0.1) is 0 Å². The highest BCUT2D eigenvalue weighted by Gasteiger charge is 2.38. The van der Waals surface area contributed by atoms with E-state index in [0.717, 1.165) is 53.6 Å². The van der Waals surface area contributed by atoms with Crippen LogP contribution in [0.5, 0.6) is 34.5 Å². The summed E-state index contributed by atoms with van der Waals surface area (Å²) in [5, 5.41) is 34.1. The number of phenolic OH excluding ortho intramolecular Hbond substituents is 2. The molecule has 5 rings (SSSR count). The van der Waals surface area contributed by atoms with Crippen molar-refractivity contribution in [2.24, 2.45) is 0 Å². The van der Waals surface area contributed by atoms with Gasteiger partial charge in [0, 0.05) is 11.6 Å². The van der Waals surface area contributed by atoms with Gasteiger partial charge in [-0.25, -0.2) is 0 Å². The average Bonchev–Trinajstić information content (AvgIpc) is 3.29. The number of rotatable bonds is 8. The summed E-state index contributed by atoms with van der Waals surface area (Å²) in [5.41, 5.74) is 5.06. The summed E-state index contributed by atoms with van der Waals surface area (Å²) in [6.45, 7) is 0.740. The second-order valence-electron chi connectivity index (χ2n) is 9.49. The Labute approximate surface area is 216 Å². The van der Waals surface area contributed by atoms with Gasteiger partial charge in [-0.2, -0.15) is 0 Å². The largest absolute Gasteiger partial charge is 0.504 e. The van der Waals surface area contributed by atoms with Crippen LogP contribution >= 0.6 is 0 Å². The van der Waals surface area contributed by atoms with Crippen LogP contribution in [0.3, 0.4) is 0 Å². The van der Waals surface area contributed by atoms with Crippen LogP contribution in [0, 0.1) is 0 Å². The Morgan fingerprint density at radius 3 is 2.38 bits per heavy atom. The molecule has 0 radical (unpaired) electrons. The minimum absolute atomic E-state index is 0.0490. The van der Waals surface area contributed by atoms with Gasteiger partial charge in [0.2, 0.25) is 0 Å². The average molecular weight is 508 g/mol. The Morgan fingerprint density at radius 1 is 0.892 bits per heavy atom. The number of benzene rings is 3. The fourth-order valence-electron chi connectivity index (χ4n) is 5.51. The molecule has 0 bridgehead atoms. The second-order valence-corrected chi connectivity index (χ2v) is 9.49. The summed E-state index contributed by atoms with van der Waals surface area (Å²) in [6, 6.07) is 13.0. The van der Waals surface area contributed by atoms with E-state index in [1.54, 1.807) is 32.4 Å². The number of nitrogens with one attached hydrogen (secondary N) is 1. The molecule has 8 nitrogen and oxygen atoms in total. The van der Waals surface area contributed by atoms with E-state index in [1.807, 2.05) is 18.2 Å². The highest BCUT2D eigenvalue weighted by atomic mass is 16.5. The molecule has 2 aliphatic rings. The van der Waals surface area contributed by atoms with Gasteiger partial charge in [-0.05, 0) is 78.4 Å². The molecule has 0 fully saturated rings. The summed E-state index contributed by atoms with van der Waals surface area (Å²) < 4.78 is 22.6. The second kappa shape index (κ2) is 10.4. The molecule has 0 aromatic heterocycles. The Kier molecular flexibility index (Phi) is 7.04. The number of aliphatic hydroxyl groups excluding tert-OH is 1. The molecule has 196 valence electrons. The smallest absolute Gasteiger partial charge is 0.165 e. The molecule has 8 heteroatoms. The van der Waals surface area contributed by atoms with E-state index in [9.17, 15) is 15.3 Å². The van der Waals surface area contributed by atoms with Crippen molar-refractivity contribution in [3.63, 3.8) is 0 Å². The van der Waals surface area contributed by atoms with Gasteiger partial charge in [0.15, 0.2) is 34.5 Å². The lowest BCUT2D eigenvalue weighted by Gasteiger charge is -2.28. The molecule has 37 heavy (non-hydrogen) atoms. The van der Waals surface area contributed by atoms with Crippen molar-refractivity contribution in [1.29, 1.82) is 0 Å². The molecular formula is C29H33NO7. The molecule has 3 aromatic carbocycles. The van der Waals surface area contributed by atoms with E-state index < -0.39 is 6.10 Å². The van der Waals surface area contributed by atoms with Crippen LogP contribution in [-0.2, 0) is 12.8 Å². The lowest BCUT2D eigenvalue weighted by Crippen LogP contribution is -2.30. The molecule has 2 heterocycles. The van der Waals surface area contributed by atoms with Crippen molar-refractivity contribution in [3.05, 3.63) is 70.3 Å². The number of aliphatic hydroxyl groups is 1. The summed E-state index contributed by atoms with van der Waals surface area (Å²) in [7, 11) is 4.68. The van der Waals surface area contributed by atoms with Crippen LogP contribution in [-0.4, -0.2) is 49.8 Å². The zero-order chi connectivity index (χ0) is 26.1. The lowest BCUT2D eigenvalue weighted by atomic mass is 9.88. The molecule has 3 unspecified atom stereocenters. The van der Waals surface area contributed by atoms with Crippen molar-refractivity contribution in [3.8, 4) is 34.5 Å². The molecule has 2 aliphatic heterocycles. The van der Waals surface area contributed by atoms with Gasteiger partial charge >= 0.3 is 0 Å². The molecule has 0 aliphatic carbocycles. The van der Waals surface area contributed by atoms with Crippen molar-refractivity contribution in [2.45, 2.75) is 37.3 Å². The van der Waals surface area contributed by atoms with Crippen LogP contribution < -0.4 is 24.3 Å². The Hall–Kier alpha value is -3.62. The number of aryl methyl sites for hydroxylation is 1. The normalized spacial score (nSPS) is 20.1. The van der Waals surface area contributed by atoms with Gasteiger partial charge in [0.05, 0.1) is 33.9 Å². The van der Waals surface area contributed by atoms with E-state index in [-0.39, 0.29) is 30.1 Å². The zero-order valence-corrected chi connectivity index (χ0v) is 21.3. The van der Waals surface area contributed by atoms with Crippen LogP contribution in [0.2, 0.25) is 0 Å². The van der Waals surface area contributed by atoms with Gasteiger partial charge in [0.1, 0.15) is 6.10 Å². The Morgan fingerprint density at radius 2 is 1.65 bits per heavy atom. The zero-order valence-electron chi connectivity index (χ0n) is 21.3. The van der Waals surface area contributed by atoms with Gasteiger partial charge in [-0.3, -0.25) is 0 Å². The number of hydrogen-bond acceptors (Lipinski definition) is 8. The third-order valence-electron chi connectivity index (χ3n) is 7.42. The number of ether oxygens (including phenoxy) is 4. The summed E-state index contributed by atoms with van der Waals surface area (Å²) in [6.07, 6.45) is 2.03. The third-order valence-corrected chi connectivity index (χ3v) is 7.42. The Balaban J connectivity index is 1.41. The first-order chi connectivity index (χ1) is 18.0. The highest BCUT2D eigenvalue weighted by Crippen LogP contribution is 2.51. The highest BCUT2D eigenvalue weighted by molar-refractivity contribution is 5.56. The number of hydrogen-bond donors (Lipinski definition) is 4. The molecule has 3 aromatic rings. The molecular weight excluding hydrogens is 474 g/mol. The molecule has 0 saturated heterocycles. The number of aromatic hydroxyl groups is 2. The monoisotopic (exact) mass is 507 g/mol. The first-order valence-corrected chi connectivity index (χ1v) is 12.5. The van der Waals surface area contributed by atoms with E-state index in [4.69, 9.17) is 18.9 Å². The van der Waals surface area contributed by atoms with E-state index in [0.29, 0.717) is 23.0 Å². The van der Waals surface area contributed by atoms with Crippen molar-refractivity contribution in [2.75, 3.05) is 34.5 Å². The van der Waals surface area contributed by atoms with E-state index >= 15 is 0 Å². The number of fused-ring (bicyclic) bond motifs is 2. The standard InChI is InChI=1S/C29H33NO7/c1-34-25-13-18(5-7-23(25)32)28-21(15-31)20-10-16(11-27(36-3)29(20)37-28)4-6-22-19-14-26(35-2)24(33)12-17(19)8-9-30-22/h5,7,10-14,21-22,28,30-33H,4,6,8-9,15H2,1-3H3. The number of methoxy groups -OCH3 is 3. The molecule has 0 amide bonds. The fourth-order valence-corrected chi connectivity index (χ4v) is 5.51. The summed E-state index contributed by atoms with van der Waals surface area (Å²) in [5.74, 6) is 2.01. The van der Waals surface area contributed by atoms with Crippen LogP contribution in [0.15, 0.2) is 42.5 Å². The van der Waals surface area contributed by atoms with Gasteiger partial charge in [-0.1, -0.05) is 12.1 Å². The van der Waals surface area contributed by atoms with Crippen LogP contribution in [0.4, 0.5) is 0 Å². The van der Waals surface area contributed by atoms with Gasteiger partial charge < -0.3 is 39.6 Å². The third kappa shape index (κ3) is 4.63. The first-order valence-electron chi connectivity index (χ1n) is 12.5. The number of phenols is 2. The van der Waals surface area contributed by atoms with Crippen molar-refractivity contribution < 1.29 is 34.3 Å². The van der Waals surface area contributed by atoms with Crippen molar-refractivity contribution >= 4 is 0 Å². The van der Waals surface area contributed by atoms with E-state index in [1.165, 1.54) is 7.11 Å². The maximum Gasteiger partial charge on any atom is 0.165 e. The minimum atomic E-state index is -0.439.